The highest BCUT2D eigenvalue weighted by molar-refractivity contribution is 9.10. The van der Waals surface area contributed by atoms with Crippen molar-refractivity contribution in [2.24, 2.45) is 5.10 Å². The fourth-order valence-electron chi connectivity index (χ4n) is 1.77. The Morgan fingerprint density at radius 2 is 2.04 bits per heavy atom. The summed E-state index contributed by atoms with van der Waals surface area (Å²) in [5, 5.41) is 7.41. The molecule has 0 aliphatic rings. The van der Waals surface area contributed by atoms with Gasteiger partial charge in [0.2, 0.25) is 0 Å². The number of halogens is 1. The van der Waals surface area contributed by atoms with Crippen LogP contribution in [0.2, 0.25) is 0 Å². The molecule has 2 aromatic rings. The molecule has 0 unspecified atom stereocenters. The Hall–Kier alpha value is -2.25. The first-order chi connectivity index (χ1) is 11.6. The summed E-state index contributed by atoms with van der Waals surface area (Å²) in [6.07, 6.45) is 1.63. The van der Waals surface area contributed by atoms with Gasteiger partial charge in [-0.15, -0.1) is 0 Å². The topological polar surface area (TPSA) is 62.7 Å². The molecule has 0 radical (unpaired) electrons. The first-order valence-electron chi connectivity index (χ1n) is 7.23. The highest BCUT2D eigenvalue weighted by Crippen LogP contribution is 2.16. The lowest BCUT2D eigenvalue weighted by Crippen LogP contribution is -2.31. The van der Waals surface area contributed by atoms with E-state index in [1.54, 1.807) is 48.7 Å². The minimum absolute atomic E-state index is 0.407. The number of carbonyl (C=O) groups is 1. The Bertz CT molecular complexity index is 748. The van der Waals surface area contributed by atoms with E-state index in [0.717, 1.165) is 16.6 Å². The highest BCUT2D eigenvalue weighted by atomic mass is 79.9. The van der Waals surface area contributed by atoms with Crippen LogP contribution in [-0.4, -0.2) is 23.8 Å². The summed E-state index contributed by atoms with van der Waals surface area (Å²) in [7, 11) is 0. The molecular weight excluding hydrogens is 390 g/mol. The standard InChI is InChI=1S/C17H16BrN3O2S/c1-2-19-17(24)21-20-11-12-6-8-15(9-7-12)23-16(22)13-4-3-5-14(18)10-13/h3-11H,2H2,1H3,(H2,19,21,24)/b20-11-. The van der Waals surface area contributed by atoms with E-state index < -0.39 is 5.97 Å². The molecule has 0 atom stereocenters. The number of hydrogen-bond donors (Lipinski definition) is 2. The lowest BCUT2D eigenvalue weighted by molar-refractivity contribution is 0.0734. The molecule has 0 fully saturated rings. The fourth-order valence-corrected chi connectivity index (χ4v) is 2.37. The second-order valence-electron chi connectivity index (χ2n) is 4.70. The number of thiocarbonyl (C=S) groups is 1. The number of rotatable bonds is 5. The van der Waals surface area contributed by atoms with Crippen molar-refractivity contribution in [3.8, 4) is 5.75 Å². The lowest BCUT2D eigenvalue weighted by atomic mass is 10.2. The quantitative estimate of drug-likeness (QED) is 0.262. The average molecular weight is 406 g/mol. The zero-order valence-corrected chi connectivity index (χ0v) is 15.4. The average Bonchev–Trinajstić information content (AvgIpc) is 2.57. The van der Waals surface area contributed by atoms with Crippen molar-refractivity contribution in [2.75, 3.05) is 6.54 Å². The number of hydrogen-bond acceptors (Lipinski definition) is 4. The van der Waals surface area contributed by atoms with Gasteiger partial charge in [-0.1, -0.05) is 22.0 Å². The van der Waals surface area contributed by atoms with Gasteiger partial charge in [0.05, 0.1) is 11.8 Å². The SMILES string of the molecule is CCNC(=S)N/N=C\c1ccc(OC(=O)c2cccc(Br)c2)cc1. The molecule has 2 aromatic carbocycles. The highest BCUT2D eigenvalue weighted by Gasteiger charge is 2.08. The van der Waals surface area contributed by atoms with Crippen molar-refractivity contribution < 1.29 is 9.53 Å². The van der Waals surface area contributed by atoms with Crippen molar-refractivity contribution in [1.29, 1.82) is 0 Å². The van der Waals surface area contributed by atoms with Crippen molar-refractivity contribution in [2.45, 2.75) is 6.92 Å². The van der Waals surface area contributed by atoms with Crippen molar-refractivity contribution >= 4 is 45.4 Å². The van der Waals surface area contributed by atoms with Crippen LogP contribution in [0.15, 0.2) is 58.1 Å². The molecule has 0 aromatic heterocycles. The van der Waals surface area contributed by atoms with Gasteiger partial charge in [0.15, 0.2) is 5.11 Å². The molecule has 0 saturated carbocycles. The second kappa shape index (κ2) is 9.14. The molecule has 7 heteroatoms. The smallest absolute Gasteiger partial charge is 0.343 e. The van der Waals surface area contributed by atoms with Crippen LogP contribution in [0.1, 0.15) is 22.8 Å². The number of esters is 1. The Morgan fingerprint density at radius 3 is 2.71 bits per heavy atom. The van der Waals surface area contributed by atoms with Crippen molar-refractivity contribution in [3.63, 3.8) is 0 Å². The maximum Gasteiger partial charge on any atom is 0.343 e. The van der Waals surface area contributed by atoms with Crippen LogP contribution >= 0.6 is 28.1 Å². The van der Waals surface area contributed by atoms with Gasteiger partial charge in [-0.2, -0.15) is 5.10 Å². The second-order valence-corrected chi connectivity index (χ2v) is 6.02. The third-order valence-corrected chi connectivity index (χ3v) is 3.60. The van der Waals surface area contributed by atoms with Crippen LogP contribution in [0.5, 0.6) is 5.75 Å². The maximum absolute atomic E-state index is 12.1. The van der Waals surface area contributed by atoms with Gasteiger partial charge in [-0.3, -0.25) is 5.43 Å². The number of carbonyl (C=O) groups excluding carboxylic acids is 1. The summed E-state index contributed by atoms with van der Waals surface area (Å²) in [5.74, 6) is 0.0589. The summed E-state index contributed by atoms with van der Waals surface area (Å²) in [5.41, 5.74) is 4.04. The summed E-state index contributed by atoms with van der Waals surface area (Å²) < 4.78 is 6.16. The molecule has 124 valence electrons. The van der Waals surface area contributed by atoms with Gasteiger partial charge >= 0.3 is 5.97 Å². The molecule has 0 spiro atoms. The number of ether oxygens (including phenoxy) is 1. The van der Waals surface area contributed by atoms with Crippen LogP contribution in [0.3, 0.4) is 0 Å². The van der Waals surface area contributed by atoms with Crippen LogP contribution in [0.4, 0.5) is 0 Å². The van der Waals surface area contributed by atoms with E-state index in [9.17, 15) is 4.79 Å². The third-order valence-electron chi connectivity index (χ3n) is 2.87. The molecule has 0 bridgehead atoms. The Morgan fingerprint density at radius 1 is 1.29 bits per heavy atom. The minimum Gasteiger partial charge on any atom is -0.423 e. The number of benzene rings is 2. The number of nitrogens with zero attached hydrogens (tertiary/aromatic N) is 1. The van der Waals surface area contributed by atoms with E-state index in [0.29, 0.717) is 16.4 Å². The normalized spacial score (nSPS) is 10.4. The van der Waals surface area contributed by atoms with E-state index in [1.165, 1.54) is 0 Å². The van der Waals surface area contributed by atoms with Crippen LogP contribution in [0, 0.1) is 0 Å². The molecule has 0 aliphatic heterocycles. The summed E-state index contributed by atoms with van der Waals surface area (Å²) in [6, 6.07) is 14.1. The zero-order valence-electron chi connectivity index (χ0n) is 13.0. The van der Waals surface area contributed by atoms with E-state index in [4.69, 9.17) is 17.0 Å². The monoisotopic (exact) mass is 405 g/mol. The van der Waals surface area contributed by atoms with Gasteiger partial charge in [0, 0.05) is 11.0 Å². The van der Waals surface area contributed by atoms with Gasteiger partial charge < -0.3 is 10.1 Å². The Kier molecular flexibility index (Phi) is 6.89. The van der Waals surface area contributed by atoms with E-state index in [-0.39, 0.29) is 0 Å². The largest absolute Gasteiger partial charge is 0.423 e. The van der Waals surface area contributed by atoms with Crippen molar-refractivity contribution in [3.05, 3.63) is 64.1 Å². The maximum atomic E-state index is 12.1. The summed E-state index contributed by atoms with van der Waals surface area (Å²) >= 11 is 8.32. The summed E-state index contributed by atoms with van der Waals surface area (Å²) in [6.45, 7) is 2.69. The van der Waals surface area contributed by atoms with Gasteiger partial charge in [0.1, 0.15) is 5.75 Å². The Labute approximate surface area is 154 Å². The van der Waals surface area contributed by atoms with E-state index in [1.807, 2.05) is 13.0 Å². The first-order valence-corrected chi connectivity index (χ1v) is 8.43. The minimum atomic E-state index is -0.407. The first kappa shape index (κ1) is 18.1. The molecule has 5 nitrogen and oxygen atoms in total. The molecule has 0 saturated heterocycles. The van der Waals surface area contributed by atoms with Gasteiger partial charge in [0.25, 0.3) is 0 Å². The lowest BCUT2D eigenvalue weighted by Gasteiger charge is -2.05. The molecular formula is C17H16BrN3O2S. The molecule has 0 heterocycles. The van der Waals surface area contributed by atoms with E-state index >= 15 is 0 Å². The van der Waals surface area contributed by atoms with Gasteiger partial charge in [-0.25, -0.2) is 4.79 Å². The van der Waals surface area contributed by atoms with Crippen LogP contribution in [-0.2, 0) is 0 Å². The van der Waals surface area contributed by atoms with E-state index in [2.05, 4.69) is 31.8 Å². The predicted octanol–water partition coefficient (Wildman–Crippen LogP) is 3.49. The van der Waals surface area contributed by atoms with Crippen molar-refractivity contribution in [1.82, 2.24) is 10.7 Å². The molecule has 0 aliphatic carbocycles. The predicted molar refractivity (Wildman–Crippen MR) is 103 cm³/mol. The number of hydrazone groups is 1. The Balaban J connectivity index is 1.93. The van der Waals surface area contributed by atoms with Gasteiger partial charge in [-0.05, 0) is 67.2 Å². The summed E-state index contributed by atoms with van der Waals surface area (Å²) in [4.78, 5) is 12.1. The molecule has 2 N–H and O–H groups in total. The fraction of sp³-hybridized carbons (Fsp3) is 0.118. The molecule has 2 rings (SSSR count). The third kappa shape index (κ3) is 5.75. The number of nitrogens with one attached hydrogen (secondary N) is 2. The van der Waals surface area contributed by atoms with Crippen LogP contribution in [0.25, 0.3) is 0 Å². The molecule has 0 amide bonds. The molecule has 24 heavy (non-hydrogen) atoms. The van der Waals surface area contributed by atoms with Crippen LogP contribution < -0.4 is 15.5 Å². The zero-order chi connectivity index (χ0) is 17.4.